The van der Waals surface area contributed by atoms with Crippen LogP contribution in [0, 0.1) is 12.8 Å². The molecule has 0 aliphatic heterocycles. The molecule has 1 aliphatic rings. The Bertz CT molecular complexity index is 1000. The number of nitrogens with one attached hydrogen (secondary N) is 1. The van der Waals surface area contributed by atoms with Crippen molar-refractivity contribution in [2.75, 3.05) is 0 Å². The van der Waals surface area contributed by atoms with Crippen molar-refractivity contribution in [2.45, 2.75) is 33.1 Å². The minimum absolute atomic E-state index is 0.0727. The van der Waals surface area contributed by atoms with Crippen molar-refractivity contribution < 1.29 is 9.90 Å². The van der Waals surface area contributed by atoms with Crippen LogP contribution in [0.4, 0.5) is 5.69 Å². The van der Waals surface area contributed by atoms with E-state index in [9.17, 15) is 9.90 Å². The van der Waals surface area contributed by atoms with Gasteiger partial charge < -0.3 is 10.1 Å². The van der Waals surface area contributed by atoms with Gasteiger partial charge in [0, 0.05) is 10.3 Å². The van der Waals surface area contributed by atoms with Crippen LogP contribution in [0.25, 0.3) is 10.9 Å². The van der Waals surface area contributed by atoms with Gasteiger partial charge in [0.15, 0.2) is 5.69 Å². The molecular weight excluding hydrogens is 334 g/mol. The molecular formula is C19H19N3O2S. The maximum absolute atomic E-state index is 12.4. The standard InChI is InChI=1S/C19H19N3O2S/c1-10-4-6-15-12(7-10)9-16(25-15)18(23)22-21-17-13-8-11(2)3-5-14(13)20-19(17)24/h3,5,8-10,20,24H,4,6-7H2,1-2H3/t10-/m0/s1. The van der Waals surface area contributed by atoms with Gasteiger partial charge in [-0.1, -0.05) is 18.6 Å². The number of aromatic amines is 1. The highest BCUT2D eigenvalue weighted by atomic mass is 32.1. The number of aromatic hydroxyl groups is 1. The molecule has 0 bridgehead atoms. The van der Waals surface area contributed by atoms with Crippen molar-refractivity contribution in [3.8, 4) is 5.88 Å². The predicted molar refractivity (Wildman–Crippen MR) is 99.1 cm³/mol. The molecule has 1 aromatic carbocycles. The molecule has 6 heteroatoms. The van der Waals surface area contributed by atoms with E-state index in [1.54, 1.807) is 0 Å². The molecule has 1 amide bonds. The van der Waals surface area contributed by atoms with E-state index in [-0.39, 0.29) is 11.8 Å². The third-order valence-corrected chi connectivity index (χ3v) is 5.91. The van der Waals surface area contributed by atoms with E-state index in [0.717, 1.165) is 29.3 Å². The Labute approximate surface area is 149 Å². The lowest BCUT2D eigenvalue weighted by atomic mass is 9.90. The second-order valence-corrected chi connectivity index (χ2v) is 7.92. The van der Waals surface area contributed by atoms with E-state index in [4.69, 9.17) is 0 Å². The number of aromatic nitrogens is 1. The third kappa shape index (κ3) is 2.98. The highest BCUT2D eigenvalue weighted by Gasteiger charge is 2.21. The Morgan fingerprint density at radius 2 is 2.20 bits per heavy atom. The monoisotopic (exact) mass is 353 g/mol. The third-order valence-electron chi connectivity index (χ3n) is 4.69. The summed E-state index contributed by atoms with van der Waals surface area (Å²) in [6, 6.07) is 7.69. The summed E-state index contributed by atoms with van der Waals surface area (Å²) in [5.41, 5.74) is 3.40. The van der Waals surface area contributed by atoms with Crippen LogP contribution < -0.4 is 0 Å². The Morgan fingerprint density at radius 1 is 1.36 bits per heavy atom. The van der Waals surface area contributed by atoms with E-state index in [0.29, 0.717) is 16.5 Å². The molecule has 0 fully saturated rings. The van der Waals surface area contributed by atoms with Crippen molar-refractivity contribution in [3.05, 3.63) is 45.1 Å². The molecule has 0 saturated carbocycles. The molecule has 25 heavy (non-hydrogen) atoms. The molecule has 0 spiro atoms. The Kier molecular flexibility index (Phi) is 3.92. The molecule has 1 atom stereocenters. The summed E-state index contributed by atoms with van der Waals surface area (Å²) in [5, 5.41) is 18.7. The van der Waals surface area contributed by atoms with E-state index in [2.05, 4.69) is 22.1 Å². The Morgan fingerprint density at radius 3 is 3.04 bits per heavy atom. The van der Waals surface area contributed by atoms with Gasteiger partial charge in [-0.15, -0.1) is 21.6 Å². The number of carbonyl (C=O) groups is 1. The molecule has 0 unspecified atom stereocenters. The van der Waals surface area contributed by atoms with Crippen molar-refractivity contribution >= 4 is 33.8 Å². The van der Waals surface area contributed by atoms with Crippen LogP contribution in [0.2, 0.25) is 0 Å². The maximum atomic E-state index is 12.4. The molecule has 5 nitrogen and oxygen atoms in total. The van der Waals surface area contributed by atoms with Crippen molar-refractivity contribution in [1.82, 2.24) is 4.98 Å². The molecule has 1 aliphatic carbocycles. The highest BCUT2D eigenvalue weighted by molar-refractivity contribution is 7.14. The summed E-state index contributed by atoms with van der Waals surface area (Å²) in [4.78, 5) is 17.2. The maximum Gasteiger partial charge on any atom is 0.305 e. The number of carbonyl (C=O) groups excluding carboxylic acids is 1. The predicted octanol–water partition coefficient (Wildman–Crippen LogP) is 5.29. The first kappa shape index (κ1) is 16.0. The van der Waals surface area contributed by atoms with E-state index in [1.165, 1.54) is 28.2 Å². The fraction of sp³-hybridized carbons (Fsp3) is 0.316. The van der Waals surface area contributed by atoms with Crippen LogP contribution >= 0.6 is 11.3 Å². The topological polar surface area (TPSA) is 77.8 Å². The number of rotatable bonds is 2. The van der Waals surface area contributed by atoms with Gasteiger partial charge in [0.05, 0.1) is 10.4 Å². The quantitative estimate of drug-likeness (QED) is 0.614. The molecule has 0 radical (unpaired) electrons. The molecule has 2 aromatic heterocycles. The number of amides is 1. The summed E-state index contributed by atoms with van der Waals surface area (Å²) >= 11 is 1.52. The fourth-order valence-electron chi connectivity index (χ4n) is 3.33. The molecule has 0 saturated heterocycles. The van der Waals surface area contributed by atoms with Gasteiger partial charge in [0.2, 0.25) is 5.88 Å². The zero-order valence-corrected chi connectivity index (χ0v) is 15.0. The zero-order chi connectivity index (χ0) is 17.6. The average Bonchev–Trinajstić information content (AvgIpc) is 3.12. The number of hydrogen-bond donors (Lipinski definition) is 2. The minimum Gasteiger partial charge on any atom is -0.493 e. The first-order chi connectivity index (χ1) is 12.0. The Balaban J connectivity index is 1.63. The van der Waals surface area contributed by atoms with Crippen LogP contribution in [-0.4, -0.2) is 16.0 Å². The number of azo groups is 1. The largest absolute Gasteiger partial charge is 0.493 e. The average molecular weight is 353 g/mol. The van der Waals surface area contributed by atoms with Gasteiger partial charge in [-0.05, 0) is 55.9 Å². The number of thiophene rings is 1. The van der Waals surface area contributed by atoms with E-state index < -0.39 is 0 Å². The van der Waals surface area contributed by atoms with Gasteiger partial charge in [0.1, 0.15) is 0 Å². The highest BCUT2D eigenvalue weighted by Crippen LogP contribution is 2.37. The lowest BCUT2D eigenvalue weighted by Gasteiger charge is -2.16. The first-order valence-electron chi connectivity index (χ1n) is 8.40. The second kappa shape index (κ2) is 6.11. The van der Waals surface area contributed by atoms with E-state index >= 15 is 0 Å². The number of benzene rings is 1. The van der Waals surface area contributed by atoms with Crippen LogP contribution in [0.1, 0.15) is 39.0 Å². The van der Waals surface area contributed by atoms with Crippen LogP contribution in [0.3, 0.4) is 0 Å². The van der Waals surface area contributed by atoms with Crippen LogP contribution in [0.5, 0.6) is 5.88 Å². The smallest absolute Gasteiger partial charge is 0.305 e. The van der Waals surface area contributed by atoms with Crippen LogP contribution in [0.15, 0.2) is 34.5 Å². The number of nitrogens with zero attached hydrogens (tertiary/aromatic N) is 2. The summed E-state index contributed by atoms with van der Waals surface area (Å²) in [6.07, 6.45) is 3.23. The molecule has 3 aromatic rings. The molecule has 2 heterocycles. The summed E-state index contributed by atoms with van der Waals surface area (Å²) < 4.78 is 0. The molecule has 4 rings (SSSR count). The summed E-state index contributed by atoms with van der Waals surface area (Å²) in [7, 11) is 0. The summed E-state index contributed by atoms with van der Waals surface area (Å²) in [6.45, 7) is 4.20. The van der Waals surface area contributed by atoms with Gasteiger partial charge in [0.25, 0.3) is 0 Å². The van der Waals surface area contributed by atoms with Crippen LogP contribution in [-0.2, 0) is 12.8 Å². The Hall–Kier alpha value is -2.47. The van der Waals surface area contributed by atoms with Gasteiger partial charge in [-0.25, -0.2) is 0 Å². The molecule has 128 valence electrons. The van der Waals surface area contributed by atoms with Gasteiger partial charge in [-0.2, -0.15) is 0 Å². The minimum atomic E-state index is -0.353. The number of fused-ring (bicyclic) bond motifs is 2. The zero-order valence-electron chi connectivity index (χ0n) is 14.2. The van der Waals surface area contributed by atoms with Crippen molar-refractivity contribution in [1.29, 1.82) is 0 Å². The number of aryl methyl sites for hydroxylation is 2. The van der Waals surface area contributed by atoms with E-state index in [1.807, 2.05) is 31.2 Å². The SMILES string of the molecule is Cc1ccc2[nH]c(O)c(N=NC(=O)c3cc4c(s3)CC[C@H](C)C4)c2c1. The number of H-pyrrole nitrogens is 1. The summed E-state index contributed by atoms with van der Waals surface area (Å²) in [5.74, 6) is 0.239. The van der Waals surface area contributed by atoms with Crippen molar-refractivity contribution in [2.24, 2.45) is 16.1 Å². The van der Waals surface area contributed by atoms with Gasteiger partial charge >= 0.3 is 5.91 Å². The first-order valence-corrected chi connectivity index (χ1v) is 9.22. The number of hydrogen-bond acceptors (Lipinski definition) is 4. The lowest BCUT2D eigenvalue weighted by molar-refractivity contribution is 0.0999. The van der Waals surface area contributed by atoms with Gasteiger partial charge in [-0.3, -0.25) is 4.79 Å². The van der Waals surface area contributed by atoms with Crippen molar-refractivity contribution in [3.63, 3.8) is 0 Å². The molecule has 2 N–H and O–H groups in total. The second-order valence-electron chi connectivity index (χ2n) is 6.78. The fourth-order valence-corrected chi connectivity index (χ4v) is 4.42. The lowest BCUT2D eigenvalue weighted by Crippen LogP contribution is -2.08. The normalized spacial score (nSPS) is 17.3.